The van der Waals surface area contributed by atoms with Gasteiger partial charge in [0.1, 0.15) is 12.1 Å². The van der Waals surface area contributed by atoms with Gasteiger partial charge in [-0.05, 0) is 12.1 Å². The Labute approximate surface area is 210 Å². The zero-order valence-corrected chi connectivity index (χ0v) is 19.9. The van der Waals surface area contributed by atoms with Gasteiger partial charge in [-0.1, -0.05) is 11.6 Å². The number of likely N-dealkylation sites (tertiary alicyclic amines) is 1. The first-order valence-corrected chi connectivity index (χ1v) is 11.5. The van der Waals surface area contributed by atoms with Crippen molar-refractivity contribution in [1.82, 2.24) is 15.2 Å². The predicted molar refractivity (Wildman–Crippen MR) is 119 cm³/mol. The molecule has 0 amide bonds. The van der Waals surface area contributed by atoms with Crippen LogP contribution in [0.5, 0.6) is 0 Å². The van der Waals surface area contributed by atoms with E-state index in [0.717, 1.165) is 29.4 Å². The Morgan fingerprint density at radius 1 is 1.33 bits per heavy atom. The quantitative estimate of drug-likeness (QED) is 0.317. The molecule has 0 saturated carbocycles. The second kappa shape index (κ2) is 10.0. The van der Waals surface area contributed by atoms with Crippen molar-refractivity contribution in [3.8, 4) is 0 Å². The minimum atomic E-state index is -3.28. The molecule has 2 aliphatic rings. The Morgan fingerprint density at radius 3 is 2.69 bits per heavy atom. The third-order valence-corrected chi connectivity index (χ3v) is 6.52. The highest BCUT2D eigenvalue weighted by Gasteiger charge is 2.49. The number of hydrogen-bond donors (Lipinski definition) is 2. The Bertz CT molecular complexity index is 1260. The van der Waals surface area contributed by atoms with Gasteiger partial charge in [-0.15, -0.1) is 11.3 Å². The van der Waals surface area contributed by atoms with Gasteiger partial charge < -0.3 is 19.9 Å². The lowest BCUT2D eigenvalue weighted by molar-refractivity contribution is -0.142. The number of halogens is 5. The number of nitrogens with zero attached hydrogens (tertiary/aromatic N) is 3. The molecule has 15 heteroatoms. The number of ether oxygens (including phenoxy) is 2. The maximum absolute atomic E-state index is 14.2. The van der Waals surface area contributed by atoms with Crippen molar-refractivity contribution in [2.75, 3.05) is 20.2 Å². The summed E-state index contributed by atoms with van der Waals surface area (Å²) < 4.78 is 66.0. The van der Waals surface area contributed by atoms with Gasteiger partial charge >= 0.3 is 12.1 Å². The topological polar surface area (TPSA) is 113 Å². The number of aromatic nitrogens is 1. The fraction of sp³-hybridized carbons (Fsp3) is 0.333. The predicted octanol–water partition coefficient (Wildman–Crippen LogP) is 3.95. The molecule has 2 aliphatic heterocycles. The van der Waals surface area contributed by atoms with E-state index < -0.39 is 61.3 Å². The summed E-state index contributed by atoms with van der Waals surface area (Å²) in [5.74, 6) is -7.48. The molecule has 0 radical (unpaired) electrons. The Hall–Kier alpha value is -3.23. The standard InChI is InChI=1S/C21H17ClF4N4O5S/c1-34-20(33)35-16-13(7-30-8-21(25,26)6-14(30)19(31)32)28-17(18-27-2-3-36-18)29-15(16)9-4-11(23)12(24)5-10(9)22/h2-5,14-15H,6-8H2,1H3,(H,28,29)(H,31,32)/t14-,15+/m0/s1. The van der Waals surface area contributed by atoms with E-state index in [2.05, 4.69) is 20.0 Å². The van der Waals surface area contributed by atoms with Crippen LogP contribution in [0.25, 0.3) is 0 Å². The molecule has 192 valence electrons. The summed E-state index contributed by atoms with van der Waals surface area (Å²) in [4.78, 5) is 33.3. The molecule has 2 atom stereocenters. The van der Waals surface area contributed by atoms with Crippen LogP contribution in [0.15, 0.2) is 40.2 Å². The number of methoxy groups -OCH3 is 1. The monoisotopic (exact) mass is 548 g/mol. The normalized spacial score (nSPS) is 21.7. The van der Waals surface area contributed by atoms with Crippen LogP contribution in [0.3, 0.4) is 0 Å². The second-order valence-corrected chi connectivity index (χ2v) is 9.15. The van der Waals surface area contributed by atoms with Gasteiger partial charge in [0.15, 0.2) is 28.2 Å². The van der Waals surface area contributed by atoms with Crippen LogP contribution in [-0.4, -0.2) is 65.1 Å². The molecule has 1 aromatic carbocycles. The lowest BCUT2D eigenvalue weighted by Gasteiger charge is -2.30. The summed E-state index contributed by atoms with van der Waals surface area (Å²) in [6.45, 7) is -1.35. The second-order valence-electron chi connectivity index (χ2n) is 7.85. The van der Waals surface area contributed by atoms with E-state index in [-0.39, 0.29) is 27.9 Å². The van der Waals surface area contributed by atoms with Gasteiger partial charge in [-0.25, -0.2) is 32.3 Å². The number of carboxylic acid groups (broad SMARTS) is 1. The van der Waals surface area contributed by atoms with E-state index in [1.54, 1.807) is 5.38 Å². The van der Waals surface area contributed by atoms with E-state index in [0.29, 0.717) is 11.1 Å². The number of rotatable bonds is 6. The van der Waals surface area contributed by atoms with E-state index in [1.165, 1.54) is 6.20 Å². The Kier molecular flexibility index (Phi) is 7.20. The molecule has 2 N–H and O–H groups in total. The summed E-state index contributed by atoms with van der Waals surface area (Å²) in [5, 5.41) is 14.0. The van der Waals surface area contributed by atoms with E-state index >= 15 is 0 Å². The fourth-order valence-corrected chi connectivity index (χ4v) is 4.70. The first kappa shape index (κ1) is 25.9. The number of carbonyl (C=O) groups is 2. The smallest absolute Gasteiger partial charge is 0.480 e. The molecule has 0 bridgehead atoms. The number of carboxylic acids is 1. The minimum absolute atomic E-state index is 0.0460. The van der Waals surface area contributed by atoms with E-state index in [9.17, 15) is 32.3 Å². The van der Waals surface area contributed by atoms with Crippen LogP contribution in [0.1, 0.15) is 23.0 Å². The number of aliphatic imine (C=N–C) groups is 1. The molecular weight excluding hydrogens is 532 g/mol. The van der Waals surface area contributed by atoms with Crippen LogP contribution >= 0.6 is 22.9 Å². The summed E-state index contributed by atoms with van der Waals surface area (Å²) in [6, 6.07) is -1.43. The maximum atomic E-state index is 14.2. The van der Waals surface area contributed by atoms with Crippen LogP contribution in [-0.2, 0) is 14.3 Å². The van der Waals surface area contributed by atoms with Gasteiger partial charge in [0.25, 0.3) is 5.92 Å². The third kappa shape index (κ3) is 5.29. The molecule has 9 nitrogen and oxygen atoms in total. The van der Waals surface area contributed by atoms with Crippen molar-refractivity contribution in [2.24, 2.45) is 4.99 Å². The SMILES string of the molecule is COC(=O)OC1=C(CN2CC(F)(F)C[C@H]2C(=O)O)NC(c2nccs2)=N[C@@H]1c1cc(F)c(F)cc1Cl. The highest BCUT2D eigenvalue weighted by Crippen LogP contribution is 2.39. The minimum Gasteiger partial charge on any atom is -0.480 e. The summed E-state index contributed by atoms with van der Waals surface area (Å²) in [5.41, 5.74) is -0.153. The van der Waals surface area contributed by atoms with Crippen LogP contribution in [0.2, 0.25) is 5.02 Å². The van der Waals surface area contributed by atoms with Crippen molar-refractivity contribution in [3.05, 3.63) is 62.4 Å². The largest absolute Gasteiger partial charge is 0.513 e. The van der Waals surface area contributed by atoms with E-state index in [1.807, 2.05) is 0 Å². The van der Waals surface area contributed by atoms with Gasteiger partial charge in [-0.3, -0.25) is 9.69 Å². The summed E-state index contributed by atoms with van der Waals surface area (Å²) in [7, 11) is 1.02. The summed E-state index contributed by atoms with van der Waals surface area (Å²) >= 11 is 7.32. The molecule has 3 heterocycles. The third-order valence-electron chi connectivity index (χ3n) is 5.42. The van der Waals surface area contributed by atoms with Crippen molar-refractivity contribution < 1.29 is 41.7 Å². The molecule has 2 aromatic rings. The Balaban J connectivity index is 1.85. The zero-order valence-electron chi connectivity index (χ0n) is 18.3. The molecule has 4 rings (SSSR count). The number of nitrogens with one attached hydrogen (secondary N) is 1. The van der Waals surface area contributed by atoms with Gasteiger partial charge in [-0.2, -0.15) is 0 Å². The van der Waals surface area contributed by atoms with Crippen molar-refractivity contribution in [2.45, 2.75) is 24.4 Å². The fourth-order valence-electron chi connectivity index (χ4n) is 3.86. The molecule has 1 aromatic heterocycles. The van der Waals surface area contributed by atoms with E-state index in [4.69, 9.17) is 16.3 Å². The number of amidine groups is 1. The summed E-state index contributed by atoms with van der Waals surface area (Å²) in [6.07, 6.45) is -0.675. The van der Waals surface area contributed by atoms with Crippen molar-refractivity contribution in [1.29, 1.82) is 0 Å². The van der Waals surface area contributed by atoms with Crippen LogP contribution in [0, 0.1) is 11.6 Å². The lowest BCUT2D eigenvalue weighted by atomic mass is 10.0. The highest BCUT2D eigenvalue weighted by atomic mass is 35.5. The molecule has 1 fully saturated rings. The van der Waals surface area contributed by atoms with Crippen molar-refractivity contribution >= 4 is 40.9 Å². The first-order chi connectivity index (χ1) is 17.0. The molecule has 0 unspecified atom stereocenters. The Morgan fingerprint density at radius 2 is 2.06 bits per heavy atom. The zero-order chi connectivity index (χ0) is 26.2. The molecular formula is C21H17ClF4N4O5S. The lowest BCUT2D eigenvalue weighted by Crippen LogP contribution is -2.43. The number of thiazole rings is 1. The molecule has 1 saturated heterocycles. The first-order valence-electron chi connectivity index (χ1n) is 10.2. The van der Waals surface area contributed by atoms with Gasteiger partial charge in [0.2, 0.25) is 0 Å². The average Bonchev–Trinajstić information content (AvgIpc) is 3.45. The number of aliphatic carboxylic acids is 1. The average molecular weight is 549 g/mol. The van der Waals surface area contributed by atoms with Crippen LogP contribution in [0.4, 0.5) is 22.4 Å². The molecule has 36 heavy (non-hydrogen) atoms. The van der Waals surface area contributed by atoms with Gasteiger partial charge in [0, 0.05) is 35.1 Å². The van der Waals surface area contributed by atoms with Gasteiger partial charge in [0.05, 0.1) is 19.4 Å². The van der Waals surface area contributed by atoms with Crippen molar-refractivity contribution in [3.63, 3.8) is 0 Å². The maximum Gasteiger partial charge on any atom is 0.513 e. The number of carbonyl (C=O) groups excluding carboxylic acids is 1. The highest BCUT2D eigenvalue weighted by molar-refractivity contribution is 7.11. The molecule has 0 spiro atoms. The number of benzene rings is 1. The number of alkyl halides is 2. The number of hydrogen-bond acceptors (Lipinski definition) is 9. The molecule has 0 aliphatic carbocycles. The van der Waals surface area contributed by atoms with Crippen LogP contribution < -0.4 is 5.32 Å².